The summed E-state index contributed by atoms with van der Waals surface area (Å²) in [4.78, 5) is 142. The molecule has 0 bridgehead atoms. The first-order valence-corrected chi connectivity index (χ1v) is 26.7. The van der Waals surface area contributed by atoms with Gasteiger partial charge in [-0.1, -0.05) is 258 Å². The summed E-state index contributed by atoms with van der Waals surface area (Å²) in [6, 6.07) is 0. The zero-order valence-electron chi connectivity index (χ0n) is 36.2. The summed E-state index contributed by atoms with van der Waals surface area (Å²) >= 11 is 0. The summed E-state index contributed by atoms with van der Waals surface area (Å²) in [5.74, 6) is 0. The van der Waals surface area contributed by atoms with Crippen LogP contribution in [-0.2, 0) is 32.0 Å². The van der Waals surface area contributed by atoms with Crippen LogP contribution in [0.25, 0.3) is 0 Å². The van der Waals surface area contributed by atoms with E-state index in [4.69, 9.17) is 0 Å². The van der Waals surface area contributed by atoms with Gasteiger partial charge in [0.15, 0.2) is 0 Å². The third kappa shape index (κ3) is 59.2. The van der Waals surface area contributed by atoms with Crippen LogP contribution in [0.4, 0.5) is 0 Å². The van der Waals surface area contributed by atoms with Gasteiger partial charge in [-0.25, -0.2) is 0 Å². The third-order valence-electron chi connectivity index (χ3n) is 5.75. The minimum absolute atomic E-state index is 0. The van der Waals surface area contributed by atoms with E-state index in [0.29, 0.717) is 0 Å². The van der Waals surface area contributed by atoms with E-state index >= 15 is 0 Å². The van der Waals surface area contributed by atoms with Gasteiger partial charge >= 0.3 is 0 Å². The van der Waals surface area contributed by atoms with Gasteiger partial charge in [0, 0.05) is 0 Å². The molecule has 0 rings (SSSR count). The number of hydrogen-bond acceptors (Lipinski definition) is 21. The van der Waals surface area contributed by atoms with Crippen molar-refractivity contribution >= 4 is 53.2 Å². The van der Waals surface area contributed by atoms with Crippen molar-refractivity contribution in [3.8, 4) is 0 Å². The highest BCUT2D eigenvalue weighted by molar-refractivity contribution is 7.52. The van der Waals surface area contributed by atoms with E-state index in [1.54, 1.807) is 0 Å². The molecule has 0 fully saturated rings. The standard InChI is InChI=1S/7C4H11O3P.8CH4/c7*1-4(2,3)8(5,6)7;;;;;;;;/h7*1-3H3,(H2,5,6,7);8*1H4/p-14. The highest BCUT2D eigenvalue weighted by Crippen LogP contribution is 2.44. The molecule has 0 radical (unpaired) electrons. The Bertz CT molecular complexity index is 1150. The van der Waals surface area contributed by atoms with E-state index in [1.165, 1.54) is 145 Å². The Morgan fingerprint density at radius 3 is 0.188 bits per heavy atom. The van der Waals surface area contributed by atoms with Gasteiger partial charge in [-0.15, -0.1) is 0 Å². The van der Waals surface area contributed by atoms with E-state index in [2.05, 4.69) is 0 Å². The van der Waals surface area contributed by atoms with Gasteiger partial charge in [0.2, 0.25) is 0 Å². The monoisotopic (exact) mass is 1080 g/mol. The Hall–Kier alpha value is 1.05. The lowest BCUT2D eigenvalue weighted by Crippen LogP contribution is -2.30. The van der Waals surface area contributed by atoms with Crippen LogP contribution in [-0.4, -0.2) is 36.1 Å². The summed E-state index contributed by atoms with van der Waals surface area (Å²) in [6.45, 7) is 29.0. The summed E-state index contributed by atoms with van der Waals surface area (Å²) in [5, 5.41) is -7.83. The highest BCUT2D eigenvalue weighted by atomic mass is 31.2. The smallest absolute Gasteiger partial charge is 0.0104 e. The van der Waals surface area contributed by atoms with E-state index in [0.717, 1.165) is 0 Å². The fraction of sp³-hybridized carbons (Fsp3) is 1.00. The number of hydrogen-bond donors (Lipinski definition) is 0. The van der Waals surface area contributed by atoms with Crippen molar-refractivity contribution in [1.29, 1.82) is 0 Å². The molecule has 0 aromatic heterocycles. The molecule has 0 atom stereocenters. The highest BCUT2D eigenvalue weighted by Gasteiger charge is 2.17. The molecule has 0 aliphatic rings. The number of rotatable bonds is 0. The van der Waals surface area contributed by atoms with E-state index in [-0.39, 0.29) is 59.4 Å². The summed E-state index contributed by atoms with van der Waals surface area (Å²) in [5.41, 5.74) is 0. The lowest BCUT2D eigenvalue weighted by molar-refractivity contribution is -0.321. The fourth-order valence-electron chi connectivity index (χ4n) is 0. The van der Waals surface area contributed by atoms with Crippen molar-refractivity contribution in [1.82, 2.24) is 0 Å². The van der Waals surface area contributed by atoms with Gasteiger partial charge < -0.3 is 100 Å². The molecule has 0 saturated heterocycles. The molecule has 0 heterocycles. The van der Waals surface area contributed by atoms with Crippen LogP contribution in [0.15, 0.2) is 0 Å². The maximum absolute atomic E-state index is 10.1. The van der Waals surface area contributed by atoms with Crippen molar-refractivity contribution in [2.45, 2.75) is 241 Å². The van der Waals surface area contributed by atoms with Crippen LogP contribution >= 0.6 is 53.2 Å². The largest absolute Gasteiger partial charge is 0.810 e. The Balaban J connectivity index is -0.0000000330. The first kappa shape index (κ1) is 107. The molecule has 0 spiro atoms. The lowest BCUT2D eigenvalue weighted by atomic mass is 10.3. The molecule has 0 aromatic carbocycles. The van der Waals surface area contributed by atoms with Crippen molar-refractivity contribution in [2.75, 3.05) is 0 Å². The van der Waals surface area contributed by atoms with Gasteiger partial charge in [0.25, 0.3) is 0 Å². The Kier molecular flexibility index (Phi) is 58.6. The van der Waals surface area contributed by atoms with Crippen LogP contribution in [0, 0.1) is 0 Å². The van der Waals surface area contributed by atoms with Crippen molar-refractivity contribution in [3.63, 3.8) is 0 Å². The first-order valence-electron chi connectivity index (χ1n) is 15.9. The van der Waals surface area contributed by atoms with Crippen LogP contribution in [0.2, 0.25) is 0 Å². The summed E-state index contributed by atoms with van der Waals surface area (Å²) < 4.78 is 70.9. The second-order valence-electron chi connectivity index (χ2n) is 18.7. The molecule has 0 aromatic rings. The average Bonchev–Trinajstić information content (AvgIpc) is 2.72. The molecular formula is C36H95O21P7-14. The van der Waals surface area contributed by atoms with E-state index < -0.39 is 89.3 Å². The third-order valence-corrected chi connectivity index (χ3v) is 17.3. The Morgan fingerprint density at radius 2 is 0.188 bits per heavy atom. The topological polar surface area (TPSA) is 442 Å². The molecule has 0 unspecified atom stereocenters. The van der Waals surface area contributed by atoms with Gasteiger partial charge in [0.1, 0.15) is 0 Å². The predicted octanol–water partition coefficient (Wildman–Crippen LogP) is 2.98. The average molecular weight is 1080 g/mol. The van der Waals surface area contributed by atoms with Gasteiger partial charge in [-0.05, 0) is 36.1 Å². The fourth-order valence-corrected chi connectivity index (χ4v) is 0. The molecule has 0 N–H and O–H groups in total. The second kappa shape index (κ2) is 35.2. The maximum atomic E-state index is 10.1. The minimum Gasteiger partial charge on any atom is -0.810 e. The Morgan fingerprint density at radius 1 is 0.172 bits per heavy atom. The van der Waals surface area contributed by atoms with Crippen LogP contribution in [0.5, 0.6) is 0 Å². The van der Waals surface area contributed by atoms with Crippen LogP contribution in [0.3, 0.4) is 0 Å². The quantitative estimate of drug-likeness (QED) is 0.315. The summed E-state index contributed by atoms with van der Waals surface area (Å²) in [6.07, 6.45) is 0. The molecule has 0 saturated carbocycles. The molecule has 21 nitrogen and oxygen atoms in total. The second-order valence-corrected chi connectivity index (χ2v) is 35.0. The molecule has 28 heteroatoms. The summed E-state index contributed by atoms with van der Waals surface area (Å²) in [7, 11) is -30.4. The molecule has 414 valence electrons. The van der Waals surface area contributed by atoms with Crippen LogP contribution < -0.4 is 68.5 Å². The van der Waals surface area contributed by atoms with Crippen LogP contribution in [0.1, 0.15) is 205 Å². The van der Waals surface area contributed by atoms with Crippen molar-refractivity contribution in [2.24, 2.45) is 0 Å². The maximum Gasteiger partial charge on any atom is -0.0104 e. The molecular weight excluding hydrogens is 985 g/mol. The van der Waals surface area contributed by atoms with Gasteiger partial charge in [-0.3, -0.25) is 0 Å². The zero-order chi connectivity index (χ0) is 49.0. The molecule has 0 aliphatic heterocycles. The minimum atomic E-state index is -4.35. The van der Waals surface area contributed by atoms with Gasteiger partial charge in [-0.2, -0.15) is 0 Å². The zero-order valence-corrected chi connectivity index (χ0v) is 42.5. The van der Waals surface area contributed by atoms with Crippen molar-refractivity contribution in [3.05, 3.63) is 0 Å². The Labute approximate surface area is 393 Å². The SMILES string of the molecule is C.C.C.C.C.C.C.C.CC(C)(C)P(=O)([O-])[O-].CC(C)(C)P(=O)([O-])[O-].CC(C)(C)P(=O)([O-])[O-].CC(C)(C)P(=O)([O-])[O-].CC(C)(C)P(=O)([O-])[O-].CC(C)(C)P(=O)([O-])[O-].CC(C)(C)P(=O)([O-])[O-]. The predicted molar refractivity (Wildman–Crippen MR) is 245 cm³/mol. The van der Waals surface area contributed by atoms with Gasteiger partial charge in [0.05, 0.1) is 0 Å². The van der Waals surface area contributed by atoms with E-state index in [9.17, 15) is 100 Å². The normalized spacial score (nSPS) is 12.4. The first-order chi connectivity index (χ1) is 22.8. The lowest BCUT2D eigenvalue weighted by Gasteiger charge is -2.42. The molecule has 0 amide bonds. The van der Waals surface area contributed by atoms with Crippen molar-refractivity contribution < 1.29 is 100 Å². The molecule has 64 heavy (non-hydrogen) atoms. The van der Waals surface area contributed by atoms with E-state index in [1.807, 2.05) is 0 Å². The molecule has 0 aliphatic carbocycles.